The smallest absolute Gasteiger partial charge is 0.334 e. The fourth-order valence-electron chi connectivity index (χ4n) is 3.04. The minimum atomic E-state index is -3.21. The van der Waals surface area contributed by atoms with Gasteiger partial charge in [-0.05, 0) is 12.0 Å². The molecule has 2 aliphatic heterocycles. The number of urea groups is 2. The number of carbonyl (C=O) groups is 5. The Balaban J connectivity index is 1.55. The number of carbonyl (C=O) groups excluding carboxylic acids is 5. The quantitative estimate of drug-likeness (QED) is 0.456. The average Bonchev–Trinajstić information content (AvgIpc) is 3.09. The molecule has 2 fully saturated rings. The Morgan fingerprint density at radius 1 is 1.03 bits per heavy atom. The molecule has 2 saturated heterocycles. The van der Waals surface area contributed by atoms with Crippen LogP contribution in [0, 0.1) is 0 Å². The number of hydrogen-bond acceptors (Lipinski definition) is 7. The van der Waals surface area contributed by atoms with Crippen molar-refractivity contribution in [3.05, 3.63) is 35.9 Å². The molecule has 0 unspecified atom stereocenters. The Morgan fingerprint density at radius 2 is 1.69 bits per heavy atom. The van der Waals surface area contributed by atoms with Crippen LogP contribution in [-0.2, 0) is 30.8 Å². The van der Waals surface area contributed by atoms with Crippen molar-refractivity contribution in [1.29, 1.82) is 0 Å². The Labute approximate surface area is 165 Å². The summed E-state index contributed by atoms with van der Waals surface area (Å²) in [6.07, 6.45) is 0.232. The van der Waals surface area contributed by atoms with E-state index in [1.807, 2.05) is 5.32 Å². The molecule has 0 spiro atoms. The van der Waals surface area contributed by atoms with Gasteiger partial charge >= 0.3 is 23.9 Å². The van der Waals surface area contributed by atoms with E-state index in [0.717, 1.165) is 0 Å². The molecular formula is C17H18N4O7S. The van der Waals surface area contributed by atoms with Crippen LogP contribution < -0.4 is 10.6 Å². The van der Waals surface area contributed by atoms with Gasteiger partial charge in [-0.15, -0.1) is 0 Å². The van der Waals surface area contributed by atoms with Crippen molar-refractivity contribution in [2.24, 2.45) is 0 Å². The second-order valence-electron chi connectivity index (χ2n) is 6.67. The number of rotatable bonds is 5. The lowest BCUT2D eigenvalue weighted by atomic mass is 10.2. The fourth-order valence-corrected chi connectivity index (χ4v) is 4.71. The van der Waals surface area contributed by atoms with E-state index in [2.05, 4.69) is 5.32 Å². The topological polar surface area (TPSA) is 150 Å². The van der Waals surface area contributed by atoms with Crippen LogP contribution in [0.5, 0.6) is 0 Å². The highest BCUT2D eigenvalue weighted by Gasteiger charge is 2.45. The second kappa shape index (κ2) is 7.99. The van der Waals surface area contributed by atoms with Crippen LogP contribution in [0.15, 0.2) is 30.3 Å². The Hall–Kier alpha value is -3.28. The molecule has 0 bridgehead atoms. The third-order valence-electron chi connectivity index (χ3n) is 4.44. The van der Waals surface area contributed by atoms with Gasteiger partial charge in [-0.1, -0.05) is 30.3 Å². The minimum absolute atomic E-state index is 0.0535. The molecule has 1 aromatic rings. The van der Waals surface area contributed by atoms with Gasteiger partial charge in [0.05, 0.1) is 18.1 Å². The molecule has 12 heteroatoms. The lowest BCUT2D eigenvalue weighted by molar-refractivity contribution is -0.144. The molecule has 2 aliphatic rings. The van der Waals surface area contributed by atoms with Crippen molar-refractivity contribution in [2.45, 2.75) is 19.0 Å². The van der Waals surface area contributed by atoms with E-state index in [-0.39, 0.29) is 24.5 Å². The van der Waals surface area contributed by atoms with Gasteiger partial charge in [-0.2, -0.15) is 0 Å². The number of nitrogens with zero attached hydrogens (tertiary/aromatic N) is 2. The van der Waals surface area contributed by atoms with Crippen LogP contribution in [-0.4, -0.2) is 72.1 Å². The standard InChI is InChI=1S/C17H18N4O7S/c22-13(19-16(25)18-12-6-7-29(27,28)10-12)9-21-15(24)14(23)20(17(21)26)8-11-4-2-1-3-5-11/h1-5,12H,6-10H2,(H2,18,19,22,25)/t12-/m0/s1. The van der Waals surface area contributed by atoms with Crippen molar-refractivity contribution >= 4 is 39.6 Å². The van der Waals surface area contributed by atoms with Crippen LogP contribution in [0.2, 0.25) is 0 Å². The number of sulfone groups is 1. The van der Waals surface area contributed by atoms with Crippen LogP contribution in [0.4, 0.5) is 9.59 Å². The molecule has 2 heterocycles. The first-order valence-electron chi connectivity index (χ1n) is 8.68. The van der Waals surface area contributed by atoms with Crippen molar-refractivity contribution in [2.75, 3.05) is 18.1 Å². The molecule has 0 aliphatic carbocycles. The van der Waals surface area contributed by atoms with Gasteiger partial charge in [0.25, 0.3) is 0 Å². The largest absolute Gasteiger partial charge is 0.335 e. The van der Waals surface area contributed by atoms with Gasteiger partial charge in [0.1, 0.15) is 6.54 Å². The Morgan fingerprint density at radius 3 is 2.31 bits per heavy atom. The summed E-state index contributed by atoms with van der Waals surface area (Å²) in [7, 11) is -3.21. The van der Waals surface area contributed by atoms with Gasteiger partial charge in [0.15, 0.2) is 9.84 Å². The predicted octanol–water partition coefficient (Wildman–Crippen LogP) is -1.01. The average molecular weight is 422 g/mol. The molecule has 1 atom stereocenters. The summed E-state index contributed by atoms with van der Waals surface area (Å²) in [5.41, 5.74) is 0.624. The number of amides is 7. The SMILES string of the molecule is O=C(CN1C(=O)C(=O)N(Cc2ccccc2)C1=O)NC(=O)N[C@H]1CCS(=O)(=O)C1. The van der Waals surface area contributed by atoms with Gasteiger partial charge in [-0.25, -0.2) is 22.9 Å². The third kappa shape index (κ3) is 4.77. The summed E-state index contributed by atoms with van der Waals surface area (Å²) >= 11 is 0. The lowest BCUT2D eigenvalue weighted by Crippen LogP contribution is -2.49. The van der Waals surface area contributed by atoms with Crippen molar-refractivity contribution in [3.63, 3.8) is 0 Å². The maximum absolute atomic E-state index is 12.4. The summed E-state index contributed by atoms with van der Waals surface area (Å²) in [5, 5.41) is 4.27. The maximum Gasteiger partial charge on any atom is 0.335 e. The normalized spacial score (nSPS) is 20.8. The van der Waals surface area contributed by atoms with E-state index in [4.69, 9.17) is 0 Å². The summed E-state index contributed by atoms with van der Waals surface area (Å²) in [5.74, 6) is -3.49. The van der Waals surface area contributed by atoms with E-state index in [1.54, 1.807) is 30.3 Å². The Bertz CT molecular complexity index is 977. The third-order valence-corrected chi connectivity index (χ3v) is 6.21. The Kier molecular flexibility index (Phi) is 5.64. The van der Waals surface area contributed by atoms with E-state index >= 15 is 0 Å². The predicted molar refractivity (Wildman–Crippen MR) is 97.8 cm³/mol. The first-order chi connectivity index (χ1) is 13.7. The number of benzene rings is 1. The molecule has 7 amide bonds. The molecule has 0 radical (unpaired) electrons. The van der Waals surface area contributed by atoms with E-state index < -0.39 is 52.2 Å². The van der Waals surface area contributed by atoms with Gasteiger partial charge in [-0.3, -0.25) is 24.6 Å². The number of nitrogens with one attached hydrogen (secondary N) is 2. The highest BCUT2D eigenvalue weighted by molar-refractivity contribution is 7.91. The van der Waals surface area contributed by atoms with E-state index in [9.17, 15) is 32.4 Å². The highest BCUT2D eigenvalue weighted by Crippen LogP contribution is 2.16. The molecule has 2 N–H and O–H groups in total. The lowest BCUT2D eigenvalue weighted by Gasteiger charge is -2.16. The molecule has 0 aromatic heterocycles. The van der Waals surface area contributed by atoms with E-state index in [0.29, 0.717) is 15.4 Å². The second-order valence-corrected chi connectivity index (χ2v) is 8.90. The molecule has 154 valence electrons. The summed E-state index contributed by atoms with van der Waals surface area (Å²) in [4.78, 5) is 61.5. The monoisotopic (exact) mass is 422 g/mol. The van der Waals surface area contributed by atoms with Gasteiger partial charge in [0.2, 0.25) is 5.91 Å². The summed E-state index contributed by atoms with van der Waals surface area (Å²) in [6, 6.07) is 6.01. The first-order valence-corrected chi connectivity index (χ1v) is 10.5. The summed E-state index contributed by atoms with van der Waals surface area (Å²) in [6.45, 7) is -0.940. The van der Waals surface area contributed by atoms with Crippen LogP contribution in [0.3, 0.4) is 0 Å². The molecule has 29 heavy (non-hydrogen) atoms. The van der Waals surface area contributed by atoms with Gasteiger partial charge in [0, 0.05) is 6.04 Å². The molecule has 0 saturated carbocycles. The summed E-state index contributed by atoms with van der Waals surface area (Å²) < 4.78 is 22.8. The van der Waals surface area contributed by atoms with Crippen molar-refractivity contribution in [3.8, 4) is 0 Å². The van der Waals surface area contributed by atoms with Crippen LogP contribution >= 0.6 is 0 Å². The van der Waals surface area contributed by atoms with E-state index in [1.165, 1.54) is 0 Å². The number of imide groups is 3. The number of hydrogen-bond donors (Lipinski definition) is 2. The zero-order valence-electron chi connectivity index (χ0n) is 15.2. The fraction of sp³-hybridized carbons (Fsp3) is 0.353. The molecule has 3 rings (SSSR count). The van der Waals surface area contributed by atoms with Crippen molar-refractivity contribution in [1.82, 2.24) is 20.4 Å². The maximum atomic E-state index is 12.4. The first kappa shape index (κ1) is 20.5. The highest BCUT2D eigenvalue weighted by atomic mass is 32.2. The van der Waals surface area contributed by atoms with Crippen LogP contribution in [0.25, 0.3) is 0 Å². The molecular weight excluding hydrogens is 404 g/mol. The zero-order chi connectivity index (χ0) is 21.2. The van der Waals surface area contributed by atoms with Crippen LogP contribution in [0.1, 0.15) is 12.0 Å². The minimum Gasteiger partial charge on any atom is -0.334 e. The van der Waals surface area contributed by atoms with Gasteiger partial charge < -0.3 is 5.32 Å². The molecule has 11 nitrogen and oxygen atoms in total. The zero-order valence-corrected chi connectivity index (χ0v) is 16.0. The van der Waals surface area contributed by atoms with Crippen molar-refractivity contribution < 1.29 is 32.4 Å². The molecule has 1 aromatic carbocycles.